The number of amides is 1. The van der Waals surface area contributed by atoms with Gasteiger partial charge in [0, 0.05) is 37.6 Å². The fraction of sp³-hybridized carbons (Fsp3) is 0.450. The maximum Gasteiger partial charge on any atom is 0.230 e. The summed E-state index contributed by atoms with van der Waals surface area (Å²) in [6.45, 7) is 3.94. The largest absolute Gasteiger partial charge is 0.481 e. The third kappa shape index (κ3) is 3.17. The first-order valence-electron chi connectivity index (χ1n) is 9.10. The first kappa shape index (κ1) is 17.0. The number of carbonyl (C=O) groups excluding carboxylic acids is 1. The van der Waals surface area contributed by atoms with Crippen LogP contribution in [0, 0.1) is 5.41 Å². The van der Waals surface area contributed by atoms with Crippen LogP contribution in [0.1, 0.15) is 24.1 Å². The van der Waals surface area contributed by atoms with Crippen molar-refractivity contribution in [3.05, 3.63) is 54.0 Å². The predicted octanol–water partition coefficient (Wildman–Crippen LogP) is 2.11. The summed E-state index contributed by atoms with van der Waals surface area (Å²) in [5.41, 5.74) is 1.79. The highest BCUT2D eigenvalue weighted by Gasteiger charge is 2.50. The number of hydrogen-bond acceptors (Lipinski definition) is 5. The van der Waals surface area contributed by atoms with Crippen molar-refractivity contribution in [3.8, 4) is 5.88 Å². The Bertz CT molecular complexity index is 782. The number of rotatable bonds is 5. The Kier molecular flexibility index (Phi) is 4.59. The topological polar surface area (TPSA) is 58.6 Å². The first-order chi connectivity index (χ1) is 12.7. The van der Waals surface area contributed by atoms with E-state index in [0.29, 0.717) is 12.4 Å². The second kappa shape index (κ2) is 7.03. The minimum atomic E-state index is -0.232. The highest BCUT2D eigenvalue weighted by atomic mass is 16.5. The van der Waals surface area contributed by atoms with Crippen LogP contribution in [0.15, 0.2) is 42.7 Å². The molecule has 0 aliphatic carbocycles. The summed E-state index contributed by atoms with van der Waals surface area (Å²) in [5, 5.41) is 0. The minimum Gasteiger partial charge on any atom is -0.481 e. The first-order valence-corrected chi connectivity index (χ1v) is 9.10. The van der Waals surface area contributed by atoms with Crippen molar-refractivity contribution < 1.29 is 9.53 Å². The van der Waals surface area contributed by atoms with Crippen molar-refractivity contribution >= 4 is 5.91 Å². The molecule has 2 aliphatic rings. The van der Waals surface area contributed by atoms with E-state index in [2.05, 4.69) is 14.9 Å². The molecule has 2 fully saturated rings. The Hall–Kier alpha value is -2.47. The summed E-state index contributed by atoms with van der Waals surface area (Å²) in [4.78, 5) is 26.0. The van der Waals surface area contributed by atoms with Gasteiger partial charge in [-0.2, -0.15) is 0 Å². The Balaban J connectivity index is 1.42. The van der Waals surface area contributed by atoms with E-state index in [1.807, 2.05) is 35.2 Å². The number of nitrogens with zero attached hydrogens (tertiary/aromatic N) is 4. The van der Waals surface area contributed by atoms with Crippen LogP contribution >= 0.6 is 0 Å². The molecule has 4 rings (SSSR count). The van der Waals surface area contributed by atoms with Gasteiger partial charge in [-0.05, 0) is 37.6 Å². The fourth-order valence-electron chi connectivity index (χ4n) is 4.17. The average molecular weight is 352 g/mol. The molecule has 6 nitrogen and oxygen atoms in total. The molecule has 2 aromatic rings. The molecule has 1 atom stereocenters. The van der Waals surface area contributed by atoms with Gasteiger partial charge in [-0.15, -0.1) is 0 Å². The second-order valence-electron chi connectivity index (χ2n) is 7.21. The van der Waals surface area contributed by atoms with Gasteiger partial charge in [0.2, 0.25) is 11.8 Å². The van der Waals surface area contributed by atoms with Gasteiger partial charge in [-0.25, -0.2) is 4.98 Å². The van der Waals surface area contributed by atoms with E-state index in [4.69, 9.17) is 4.74 Å². The molecule has 26 heavy (non-hydrogen) atoms. The monoisotopic (exact) mass is 352 g/mol. The van der Waals surface area contributed by atoms with Gasteiger partial charge >= 0.3 is 0 Å². The second-order valence-corrected chi connectivity index (χ2v) is 7.21. The number of ether oxygens (including phenoxy) is 1. The molecule has 0 radical (unpaired) electrons. The molecule has 0 unspecified atom stereocenters. The van der Waals surface area contributed by atoms with Crippen LogP contribution in [0.4, 0.5) is 0 Å². The minimum absolute atomic E-state index is 0.232. The van der Waals surface area contributed by atoms with Crippen molar-refractivity contribution in [2.24, 2.45) is 5.41 Å². The highest BCUT2D eigenvalue weighted by molar-refractivity contribution is 5.85. The lowest BCUT2D eigenvalue weighted by molar-refractivity contribution is -0.136. The molecule has 136 valence electrons. The standard InChI is InChI=1S/C20H24N4O2/c1-26-18-16(5-4-10-22-18)13-23-11-7-20(15-23)8-12-24(19(20)25)14-17-6-2-3-9-21-17/h2-6,9-10H,7-8,11-15H2,1H3/t20-/m0/s1. The zero-order chi connectivity index (χ0) is 18.0. The molecular weight excluding hydrogens is 328 g/mol. The normalized spacial score (nSPS) is 23.1. The smallest absolute Gasteiger partial charge is 0.230 e. The lowest BCUT2D eigenvalue weighted by Crippen LogP contribution is -2.36. The van der Waals surface area contributed by atoms with Gasteiger partial charge in [0.05, 0.1) is 24.8 Å². The Morgan fingerprint density at radius 1 is 1.08 bits per heavy atom. The van der Waals surface area contributed by atoms with E-state index in [0.717, 1.165) is 50.3 Å². The van der Waals surface area contributed by atoms with Gasteiger partial charge in [-0.1, -0.05) is 12.1 Å². The number of hydrogen-bond donors (Lipinski definition) is 0. The number of aromatic nitrogens is 2. The van der Waals surface area contributed by atoms with Gasteiger partial charge in [0.15, 0.2) is 0 Å². The van der Waals surface area contributed by atoms with Crippen LogP contribution in [0.3, 0.4) is 0 Å². The van der Waals surface area contributed by atoms with Gasteiger partial charge < -0.3 is 9.64 Å². The summed E-state index contributed by atoms with van der Waals surface area (Å²) < 4.78 is 5.36. The molecule has 2 aliphatic heterocycles. The molecule has 0 saturated carbocycles. The third-order valence-corrected chi connectivity index (χ3v) is 5.55. The Labute approximate surface area is 153 Å². The molecule has 6 heteroatoms. The van der Waals surface area contributed by atoms with Gasteiger partial charge in [0.1, 0.15) is 0 Å². The maximum absolute atomic E-state index is 13.1. The lowest BCUT2D eigenvalue weighted by atomic mass is 9.85. The molecule has 0 aromatic carbocycles. The van der Waals surface area contributed by atoms with E-state index < -0.39 is 0 Å². The number of pyridine rings is 2. The quantitative estimate of drug-likeness (QED) is 0.825. The summed E-state index contributed by atoms with van der Waals surface area (Å²) in [6.07, 6.45) is 5.38. The Morgan fingerprint density at radius 3 is 2.73 bits per heavy atom. The molecule has 2 saturated heterocycles. The Morgan fingerprint density at radius 2 is 1.92 bits per heavy atom. The highest BCUT2D eigenvalue weighted by Crippen LogP contribution is 2.41. The number of carbonyl (C=O) groups is 1. The summed E-state index contributed by atoms with van der Waals surface area (Å²) in [6, 6.07) is 9.82. The van der Waals surface area contributed by atoms with Crippen LogP contribution in [-0.4, -0.2) is 52.4 Å². The summed E-state index contributed by atoms with van der Waals surface area (Å²) in [5.74, 6) is 0.951. The number of likely N-dealkylation sites (tertiary alicyclic amines) is 2. The summed E-state index contributed by atoms with van der Waals surface area (Å²) in [7, 11) is 1.65. The molecule has 0 N–H and O–H groups in total. The van der Waals surface area contributed by atoms with Gasteiger partial charge in [-0.3, -0.25) is 14.7 Å². The van der Waals surface area contributed by atoms with E-state index in [1.165, 1.54) is 0 Å². The lowest BCUT2D eigenvalue weighted by Gasteiger charge is -2.24. The number of methoxy groups -OCH3 is 1. The molecule has 0 bridgehead atoms. The zero-order valence-electron chi connectivity index (χ0n) is 15.1. The fourth-order valence-corrected chi connectivity index (χ4v) is 4.17. The SMILES string of the molecule is COc1ncccc1CN1CC[C@]2(CCN(Cc3ccccn3)C2=O)C1. The molecule has 4 heterocycles. The van der Waals surface area contributed by atoms with E-state index in [1.54, 1.807) is 19.5 Å². The zero-order valence-corrected chi connectivity index (χ0v) is 15.1. The van der Waals surface area contributed by atoms with Crippen LogP contribution in [0.5, 0.6) is 5.88 Å². The van der Waals surface area contributed by atoms with E-state index in [9.17, 15) is 4.79 Å². The molecular formula is C20H24N4O2. The van der Waals surface area contributed by atoms with Crippen LogP contribution in [0.2, 0.25) is 0 Å². The van der Waals surface area contributed by atoms with Crippen molar-refractivity contribution in [1.82, 2.24) is 19.8 Å². The maximum atomic E-state index is 13.1. The average Bonchev–Trinajstić information content (AvgIpc) is 3.22. The summed E-state index contributed by atoms with van der Waals surface area (Å²) >= 11 is 0. The van der Waals surface area contributed by atoms with Crippen LogP contribution < -0.4 is 4.74 Å². The van der Waals surface area contributed by atoms with Gasteiger partial charge in [0.25, 0.3) is 0 Å². The van der Waals surface area contributed by atoms with Crippen molar-refractivity contribution in [2.45, 2.75) is 25.9 Å². The van der Waals surface area contributed by atoms with Crippen LogP contribution in [0.25, 0.3) is 0 Å². The molecule has 1 amide bonds. The molecule has 2 aromatic heterocycles. The van der Waals surface area contributed by atoms with E-state index >= 15 is 0 Å². The van der Waals surface area contributed by atoms with Crippen molar-refractivity contribution in [2.75, 3.05) is 26.7 Å². The molecule has 1 spiro atoms. The van der Waals surface area contributed by atoms with Crippen molar-refractivity contribution in [3.63, 3.8) is 0 Å². The predicted molar refractivity (Wildman–Crippen MR) is 97.4 cm³/mol. The van der Waals surface area contributed by atoms with Crippen molar-refractivity contribution in [1.29, 1.82) is 0 Å². The van der Waals surface area contributed by atoms with E-state index in [-0.39, 0.29) is 11.3 Å². The third-order valence-electron chi connectivity index (χ3n) is 5.55. The van der Waals surface area contributed by atoms with Crippen LogP contribution in [-0.2, 0) is 17.9 Å².